The first-order valence-corrected chi connectivity index (χ1v) is 7.66. The summed E-state index contributed by atoms with van der Waals surface area (Å²) < 4.78 is 88.2. The number of rotatable bonds is 8. The summed E-state index contributed by atoms with van der Waals surface area (Å²) in [6.45, 7) is 0.265. The topological polar surface area (TPSA) is 18.5 Å². The molecule has 1 aromatic rings. The molecule has 22 heavy (non-hydrogen) atoms. The lowest BCUT2D eigenvalue weighted by Crippen LogP contribution is -2.50. The fourth-order valence-corrected chi connectivity index (χ4v) is 2.25. The van der Waals surface area contributed by atoms with Crippen molar-refractivity contribution in [2.75, 3.05) is 13.4 Å². The van der Waals surface area contributed by atoms with Gasteiger partial charge in [-0.05, 0) is 24.0 Å². The van der Waals surface area contributed by atoms with Crippen LogP contribution in [-0.4, -0.2) is 29.8 Å². The predicted octanol–water partition coefficient (Wildman–Crippen LogP) is 5.04. The van der Waals surface area contributed by atoms with Crippen molar-refractivity contribution in [3.63, 3.8) is 0 Å². The zero-order valence-electron chi connectivity index (χ0n) is 11.4. The summed E-state index contributed by atoms with van der Waals surface area (Å²) in [4.78, 5) is 0. The number of benzene rings is 1. The Kier molecular flexibility index (Phi) is 6.34. The largest absolute Gasteiger partial charge is 0.419 e. The number of hydrogen-bond acceptors (Lipinski definition) is 4. The highest BCUT2D eigenvalue weighted by molar-refractivity contribution is 8.00. The lowest BCUT2D eigenvalue weighted by atomic mass is 10.2. The van der Waals surface area contributed by atoms with Crippen molar-refractivity contribution in [2.24, 2.45) is 0 Å². The third kappa shape index (κ3) is 4.17. The minimum absolute atomic E-state index is 0.173. The highest BCUT2D eigenvalue weighted by Gasteiger charge is 2.73. The van der Waals surface area contributed by atoms with Crippen molar-refractivity contribution in [3.8, 4) is 5.75 Å². The van der Waals surface area contributed by atoms with Crippen molar-refractivity contribution in [1.29, 1.82) is 0 Å². The number of hydrogen-bond donors (Lipinski definition) is 0. The van der Waals surface area contributed by atoms with Crippen molar-refractivity contribution in [1.82, 2.24) is 0 Å². The molecule has 0 aliphatic heterocycles. The monoisotopic (exact) mass is 366 g/mol. The predicted molar refractivity (Wildman–Crippen MR) is 73.7 cm³/mol. The van der Waals surface area contributed by atoms with Crippen LogP contribution in [0.5, 0.6) is 5.75 Å². The van der Waals surface area contributed by atoms with Crippen LogP contribution in [0.2, 0.25) is 0 Å². The average molecular weight is 366 g/mol. The second-order valence-electron chi connectivity index (χ2n) is 4.06. The third-order valence-electron chi connectivity index (χ3n) is 2.46. The van der Waals surface area contributed by atoms with E-state index in [1.54, 1.807) is 0 Å². The first kappa shape index (κ1) is 19.3. The van der Waals surface area contributed by atoms with E-state index >= 15 is 0 Å². The van der Waals surface area contributed by atoms with Gasteiger partial charge in [0.2, 0.25) is 0 Å². The van der Waals surface area contributed by atoms with Gasteiger partial charge in [-0.1, -0.05) is 23.9 Å². The van der Waals surface area contributed by atoms with Crippen LogP contribution in [0.15, 0.2) is 24.3 Å². The zero-order chi connectivity index (χ0) is 17.0. The molecule has 10 heteroatoms. The average Bonchev–Trinajstić information content (AvgIpc) is 2.46. The molecule has 0 radical (unpaired) electrons. The minimum Gasteiger partial charge on any atom is -0.419 e. The highest BCUT2D eigenvalue weighted by Crippen LogP contribution is 2.54. The van der Waals surface area contributed by atoms with Gasteiger partial charge in [-0.25, -0.2) is 0 Å². The van der Waals surface area contributed by atoms with Crippen LogP contribution >= 0.6 is 23.8 Å². The summed E-state index contributed by atoms with van der Waals surface area (Å²) in [5.74, 6) is -5.74. The van der Waals surface area contributed by atoms with Gasteiger partial charge in [-0.15, -0.1) is 0 Å². The van der Waals surface area contributed by atoms with Crippen LogP contribution in [0.1, 0.15) is 5.56 Å². The van der Waals surface area contributed by atoms with E-state index in [0.717, 1.165) is 0 Å². The molecule has 0 atom stereocenters. The number of alkyl halides is 6. The first-order chi connectivity index (χ1) is 10.1. The van der Waals surface area contributed by atoms with Crippen LogP contribution in [0.3, 0.4) is 0 Å². The van der Waals surface area contributed by atoms with E-state index in [4.69, 9.17) is 4.74 Å². The van der Waals surface area contributed by atoms with Crippen molar-refractivity contribution >= 4 is 23.8 Å². The molecule has 0 heterocycles. The van der Waals surface area contributed by atoms with Gasteiger partial charge < -0.3 is 8.92 Å². The van der Waals surface area contributed by atoms with E-state index in [1.807, 2.05) is 0 Å². The van der Waals surface area contributed by atoms with Crippen LogP contribution < -0.4 is 4.18 Å². The van der Waals surface area contributed by atoms with Gasteiger partial charge in [0, 0.05) is 7.11 Å². The molecule has 0 saturated carbocycles. The molecule has 0 fully saturated rings. The van der Waals surface area contributed by atoms with Crippen LogP contribution in [0.4, 0.5) is 26.3 Å². The summed E-state index contributed by atoms with van der Waals surface area (Å²) in [6, 6.07) is 5.41. The van der Waals surface area contributed by atoms with Gasteiger partial charge in [0.1, 0.15) is 17.8 Å². The van der Waals surface area contributed by atoms with E-state index in [9.17, 15) is 26.3 Å². The van der Waals surface area contributed by atoms with Crippen molar-refractivity contribution < 1.29 is 35.3 Å². The van der Waals surface area contributed by atoms with Gasteiger partial charge >= 0.3 is 16.4 Å². The molecule has 0 N–H and O–H groups in total. The summed E-state index contributed by atoms with van der Waals surface area (Å²) in [6.07, 6.45) is 0.615. The van der Waals surface area contributed by atoms with E-state index in [-0.39, 0.29) is 12.4 Å². The first-order valence-electron chi connectivity index (χ1n) is 5.69. The van der Waals surface area contributed by atoms with Gasteiger partial charge in [-0.3, -0.25) is 0 Å². The smallest absolute Gasteiger partial charge is 0.397 e. The molecule has 0 saturated heterocycles. The van der Waals surface area contributed by atoms with E-state index in [1.165, 1.54) is 31.4 Å². The molecule has 0 bridgehead atoms. The van der Waals surface area contributed by atoms with Crippen molar-refractivity contribution in [2.45, 2.75) is 23.0 Å². The van der Waals surface area contributed by atoms with Crippen LogP contribution in [-0.2, 0) is 11.3 Å². The fourth-order valence-electron chi connectivity index (χ4n) is 1.26. The molecular weight excluding hydrogens is 354 g/mol. The maximum absolute atomic E-state index is 13.3. The van der Waals surface area contributed by atoms with Crippen molar-refractivity contribution in [3.05, 3.63) is 29.8 Å². The molecule has 0 spiro atoms. The maximum atomic E-state index is 13.3. The molecule has 0 aliphatic carbocycles. The Hall–Kier alpha value is -0.740. The second-order valence-corrected chi connectivity index (χ2v) is 5.82. The minimum atomic E-state index is -5.57. The quantitative estimate of drug-likeness (QED) is 0.474. The van der Waals surface area contributed by atoms with Gasteiger partial charge in [0.15, 0.2) is 0 Å². The summed E-state index contributed by atoms with van der Waals surface area (Å²) in [5.41, 5.74) is 0.700. The summed E-state index contributed by atoms with van der Waals surface area (Å²) in [5, 5.41) is -10.0. The third-order valence-corrected chi connectivity index (χ3v) is 3.97. The molecule has 1 rings (SSSR count). The van der Waals surface area contributed by atoms with Crippen LogP contribution in [0.25, 0.3) is 0 Å². The standard InChI is InChI=1S/C12H12F6O2S2/c1-19-7-8-3-5-9(6-4-8)20-22-12(17,18)10(13,14)11(15,16)21-2/h3-6H,7H2,1-2H3. The molecule has 1 aromatic carbocycles. The van der Waals surface area contributed by atoms with E-state index in [0.29, 0.717) is 11.8 Å². The van der Waals surface area contributed by atoms with E-state index < -0.39 is 40.2 Å². The maximum Gasteiger partial charge on any atom is 0.397 e. The molecule has 0 amide bonds. The summed E-state index contributed by atoms with van der Waals surface area (Å²) >= 11 is -1.66. The Labute approximate surface area is 131 Å². The Morgan fingerprint density at radius 1 is 0.955 bits per heavy atom. The van der Waals surface area contributed by atoms with Gasteiger partial charge in [0.25, 0.3) is 0 Å². The normalized spacial score (nSPS) is 13.3. The fraction of sp³-hybridized carbons (Fsp3) is 0.500. The molecule has 0 aliphatic rings. The number of thioether (sulfide) groups is 1. The van der Waals surface area contributed by atoms with Gasteiger partial charge in [0.05, 0.1) is 6.61 Å². The number of ether oxygens (including phenoxy) is 1. The molecule has 2 nitrogen and oxygen atoms in total. The highest BCUT2D eigenvalue weighted by atomic mass is 32.2. The molecular formula is C12H12F6O2S2. The Morgan fingerprint density at radius 2 is 1.50 bits per heavy atom. The summed E-state index contributed by atoms with van der Waals surface area (Å²) in [7, 11) is 1.45. The Balaban J connectivity index is 2.76. The van der Waals surface area contributed by atoms with E-state index in [2.05, 4.69) is 4.18 Å². The van der Waals surface area contributed by atoms with Crippen LogP contribution in [0, 0.1) is 0 Å². The second kappa shape index (κ2) is 7.22. The number of methoxy groups -OCH3 is 1. The molecule has 0 unspecified atom stereocenters. The molecule has 0 aromatic heterocycles. The lowest BCUT2D eigenvalue weighted by Gasteiger charge is -2.30. The lowest BCUT2D eigenvalue weighted by molar-refractivity contribution is -0.238. The Bertz CT molecular complexity index is 481. The number of halogens is 6. The Morgan fingerprint density at radius 3 is 1.95 bits per heavy atom. The van der Waals surface area contributed by atoms with Gasteiger partial charge in [-0.2, -0.15) is 26.3 Å². The SMILES string of the molecule is COCc1ccc(OSC(F)(F)C(F)(F)C(F)(F)SC)cc1. The zero-order valence-corrected chi connectivity index (χ0v) is 13.1. The molecule has 126 valence electrons.